The SMILES string of the molecule is C/C=C/c1ccc(OCCCCC(=O)O)c(OC)c1. The number of methoxy groups -OCH3 is 1. The highest BCUT2D eigenvalue weighted by Crippen LogP contribution is 2.28. The molecule has 0 aliphatic heterocycles. The number of benzene rings is 1. The summed E-state index contributed by atoms with van der Waals surface area (Å²) in [6.07, 6.45) is 5.46. The van der Waals surface area contributed by atoms with Gasteiger partial charge in [-0.15, -0.1) is 0 Å². The van der Waals surface area contributed by atoms with Crippen LogP contribution in [0.1, 0.15) is 31.7 Å². The van der Waals surface area contributed by atoms with Gasteiger partial charge >= 0.3 is 5.97 Å². The second-order valence-electron chi connectivity index (χ2n) is 4.11. The normalized spacial score (nSPS) is 10.6. The summed E-state index contributed by atoms with van der Waals surface area (Å²) in [7, 11) is 1.60. The van der Waals surface area contributed by atoms with E-state index in [1.165, 1.54) is 0 Å². The number of aliphatic carboxylic acids is 1. The number of carbonyl (C=O) groups is 1. The molecule has 1 N–H and O–H groups in total. The molecule has 0 aliphatic rings. The van der Waals surface area contributed by atoms with E-state index in [2.05, 4.69) is 0 Å². The first-order valence-corrected chi connectivity index (χ1v) is 6.32. The number of hydrogen-bond acceptors (Lipinski definition) is 3. The predicted octanol–water partition coefficient (Wildman–Crippen LogP) is 3.36. The quantitative estimate of drug-likeness (QED) is 0.731. The third-order valence-corrected chi connectivity index (χ3v) is 2.59. The second-order valence-corrected chi connectivity index (χ2v) is 4.11. The lowest BCUT2D eigenvalue weighted by Gasteiger charge is -2.11. The molecule has 0 bridgehead atoms. The maximum Gasteiger partial charge on any atom is 0.303 e. The molecular formula is C15H20O4. The van der Waals surface area contributed by atoms with Gasteiger partial charge in [-0.1, -0.05) is 18.2 Å². The molecule has 4 nitrogen and oxygen atoms in total. The summed E-state index contributed by atoms with van der Waals surface area (Å²) < 4.78 is 10.9. The van der Waals surface area contributed by atoms with Crippen LogP contribution in [0.25, 0.3) is 6.08 Å². The van der Waals surface area contributed by atoms with Crippen molar-refractivity contribution in [3.8, 4) is 11.5 Å². The maximum absolute atomic E-state index is 10.4. The Morgan fingerprint density at radius 2 is 2.11 bits per heavy atom. The van der Waals surface area contributed by atoms with Crippen LogP contribution in [0.3, 0.4) is 0 Å². The van der Waals surface area contributed by atoms with Crippen molar-refractivity contribution in [3.05, 3.63) is 29.8 Å². The van der Waals surface area contributed by atoms with E-state index in [4.69, 9.17) is 14.6 Å². The average Bonchev–Trinajstić information content (AvgIpc) is 2.39. The highest BCUT2D eigenvalue weighted by atomic mass is 16.5. The Balaban J connectivity index is 2.51. The molecule has 0 heterocycles. The van der Waals surface area contributed by atoms with Gasteiger partial charge in [0.15, 0.2) is 11.5 Å². The number of rotatable bonds is 8. The van der Waals surface area contributed by atoms with Crippen LogP contribution < -0.4 is 9.47 Å². The van der Waals surface area contributed by atoms with Gasteiger partial charge in [0.25, 0.3) is 0 Å². The van der Waals surface area contributed by atoms with Gasteiger partial charge in [0.05, 0.1) is 13.7 Å². The van der Waals surface area contributed by atoms with Crippen molar-refractivity contribution in [2.45, 2.75) is 26.2 Å². The fourth-order valence-electron chi connectivity index (χ4n) is 1.66. The summed E-state index contributed by atoms with van der Waals surface area (Å²) >= 11 is 0. The number of unbranched alkanes of at least 4 members (excludes halogenated alkanes) is 1. The highest BCUT2D eigenvalue weighted by Gasteiger charge is 2.05. The zero-order chi connectivity index (χ0) is 14.1. The number of carboxylic acids is 1. The van der Waals surface area contributed by atoms with Gasteiger partial charge in [-0.2, -0.15) is 0 Å². The Bertz CT molecular complexity index is 438. The Morgan fingerprint density at radius 3 is 2.74 bits per heavy atom. The summed E-state index contributed by atoms with van der Waals surface area (Å²) in [5, 5.41) is 8.53. The van der Waals surface area contributed by atoms with E-state index in [0.29, 0.717) is 30.9 Å². The van der Waals surface area contributed by atoms with Crippen molar-refractivity contribution in [1.29, 1.82) is 0 Å². The minimum Gasteiger partial charge on any atom is -0.493 e. The molecule has 104 valence electrons. The molecule has 1 aromatic rings. The molecule has 0 radical (unpaired) electrons. The smallest absolute Gasteiger partial charge is 0.303 e. The molecule has 0 spiro atoms. The highest BCUT2D eigenvalue weighted by molar-refractivity contribution is 5.66. The summed E-state index contributed by atoms with van der Waals surface area (Å²) in [6.45, 7) is 2.45. The van der Waals surface area contributed by atoms with E-state index in [-0.39, 0.29) is 6.42 Å². The summed E-state index contributed by atoms with van der Waals surface area (Å²) in [5.41, 5.74) is 1.05. The topological polar surface area (TPSA) is 55.8 Å². The van der Waals surface area contributed by atoms with Gasteiger partial charge in [0.1, 0.15) is 0 Å². The van der Waals surface area contributed by atoms with E-state index in [9.17, 15) is 4.79 Å². The van der Waals surface area contributed by atoms with E-state index >= 15 is 0 Å². The Labute approximate surface area is 113 Å². The van der Waals surface area contributed by atoms with Crippen LogP contribution >= 0.6 is 0 Å². The van der Waals surface area contributed by atoms with Crippen LogP contribution in [-0.2, 0) is 4.79 Å². The minimum absolute atomic E-state index is 0.181. The molecule has 1 rings (SSSR count). The van der Waals surface area contributed by atoms with Gasteiger partial charge in [-0.3, -0.25) is 4.79 Å². The summed E-state index contributed by atoms with van der Waals surface area (Å²) in [4.78, 5) is 10.4. The van der Waals surface area contributed by atoms with E-state index < -0.39 is 5.97 Å². The molecule has 19 heavy (non-hydrogen) atoms. The van der Waals surface area contributed by atoms with Crippen molar-refractivity contribution >= 4 is 12.0 Å². The number of ether oxygens (including phenoxy) is 2. The van der Waals surface area contributed by atoms with Crippen LogP contribution in [-0.4, -0.2) is 24.8 Å². The van der Waals surface area contributed by atoms with Gasteiger partial charge in [0.2, 0.25) is 0 Å². The van der Waals surface area contributed by atoms with Crippen molar-refractivity contribution in [1.82, 2.24) is 0 Å². The van der Waals surface area contributed by atoms with Crippen molar-refractivity contribution in [2.75, 3.05) is 13.7 Å². The fourth-order valence-corrected chi connectivity index (χ4v) is 1.66. The van der Waals surface area contributed by atoms with Crippen molar-refractivity contribution in [2.24, 2.45) is 0 Å². The zero-order valence-electron chi connectivity index (χ0n) is 11.4. The monoisotopic (exact) mass is 264 g/mol. The molecule has 0 aliphatic carbocycles. The third-order valence-electron chi connectivity index (χ3n) is 2.59. The molecule has 0 fully saturated rings. The maximum atomic E-state index is 10.4. The van der Waals surface area contributed by atoms with Gasteiger partial charge in [-0.05, 0) is 37.5 Å². The molecule has 0 unspecified atom stereocenters. The van der Waals surface area contributed by atoms with Gasteiger partial charge in [0, 0.05) is 6.42 Å². The molecule has 0 saturated heterocycles. The zero-order valence-corrected chi connectivity index (χ0v) is 11.4. The van der Waals surface area contributed by atoms with Crippen LogP contribution in [0.5, 0.6) is 11.5 Å². The van der Waals surface area contributed by atoms with E-state index in [1.54, 1.807) is 7.11 Å². The van der Waals surface area contributed by atoms with Crippen LogP contribution in [0.15, 0.2) is 24.3 Å². The molecule has 4 heteroatoms. The first-order valence-electron chi connectivity index (χ1n) is 6.32. The molecule has 0 aromatic heterocycles. The summed E-state index contributed by atoms with van der Waals surface area (Å²) in [5.74, 6) is 0.605. The first kappa shape index (κ1) is 15.1. The van der Waals surface area contributed by atoms with Crippen molar-refractivity contribution in [3.63, 3.8) is 0 Å². The average molecular weight is 264 g/mol. The summed E-state index contributed by atoms with van der Waals surface area (Å²) in [6, 6.07) is 5.73. The molecular weight excluding hydrogens is 244 g/mol. The number of carboxylic acid groups (broad SMARTS) is 1. The molecule has 0 amide bonds. The first-order chi connectivity index (χ1) is 9.17. The number of allylic oxidation sites excluding steroid dienone is 1. The lowest BCUT2D eigenvalue weighted by Crippen LogP contribution is -2.01. The van der Waals surface area contributed by atoms with Crippen LogP contribution in [0.4, 0.5) is 0 Å². The number of hydrogen-bond donors (Lipinski definition) is 1. The minimum atomic E-state index is -0.770. The third kappa shape index (κ3) is 5.46. The van der Waals surface area contributed by atoms with Crippen LogP contribution in [0.2, 0.25) is 0 Å². The van der Waals surface area contributed by atoms with Gasteiger partial charge < -0.3 is 14.6 Å². The Kier molecular flexibility index (Phi) is 6.50. The standard InChI is InChI=1S/C15H20O4/c1-3-6-12-8-9-13(14(11-12)18-2)19-10-5-4-7-15(16)17/h3,6,8-9,11H,4-5,7,10H2,1-2H3,(H,16,17)/b6-3+. The Hall–Kier alpha value is -1.97. The fraction of sp³-hybridized carbons (Fsp3) is 0.400. The largest absolute Gasteiger partial charge is 0.493 e. The predicted molar refractivity (Wildman–Crippen MR) is 74.7 cm³/mol. The lowest BCUT2D eigenvalue weighted by molar-refractivity contribution is -0.137. The Morgan fingerprint density at radius 1 is 1.32 bits per heavy atom. The second kappa shape index (κ2) is 8.19. The van der Waals surface area contributed by atoms with Crippen molar-refractivity contribution < 1.29 is 19.4 Å². The van der Waals surface area contributed by atoms with Crippen LogP contribution in [0, 0.1) is 0 Å². The van der Waals surface area contributed by atoms with E-state index in [0.717, 1.165) is 5.56 Å². The van der Waals surface area contributed by atoms with Gasteiger partial charge in [-0.25, -0.2) is 0 Å². The van der Waals surface area contributed by atoms with E-state index in [1.807, 2.05) is 37.3 Å². The molecule has 0 saturated carbocycles. The molecule has 0 atom stereocenters. The lowest BCUT2D eigenvalue weighted by atomic mass is 10.2. The molecule has 1 aromatic carbocycles.